The van der Waals surface area contributed by atoms with Crippen LogP contribution in [0.1, 0.15) is 61.6 Å². The number of carbonyl (C=O) groups excluding carboxylic acids is 3. The van der Waals surface area contributed by atoms with Crippen molar-refractivity contribution in [1.82, 2.24) is 0 Å². The number of carboxylic acids is 1. The van der Waals surface area contributed by atoms with Gasteiger partial charge in [0.2, 0.25) is 0 Å². The number of hydrogen-bond donors (Lipinski definition) is 2. The Labute approximate surface area is 278 Å². The van der Waals surface area contributed by atoms with Crippen LogP contribution in [0.15, 0.2) is 60.7 Å². The Balaban J connectivity index is 1.79. The van der Waals surface area contributed by atoms with Crippen LogP contribution in [0.25, 0.3) is 0 Å². The standard InChI is InChI=1S/C35H39ClN2O9/c1-20(39)46-19-35(2,3)18-38-26-14-13-23(36)16-25(26)32(24-7-6-8-28(44-4)33(24)45-5)47-29(34(38)43)17-27(40)31(37)22-11-9-21(10-12-22)15-30(41)42/h6-14,16,29,31-32H,15,17-19,37H2,1-5H3,(H,41,42)/t29-,31?,32-/m1/s1. The molecule has 1 unspecified atom stereocenters. The van der Waals surface area contributed by atoms with Gasteiger partial charge in [-0.3, -0.25) is 19.2 Å². The van der Waals surface area contributed by atoms with E-state index in [0.29, 0.717) is 44.5 Å². The van der Waals surface area contributed by atoms with Crippen molar-refractivity contribution in [1.29, 1.82) is 0 Å². The fraction of sp³-hybridized carbons (Fsp3) is 0.371. The van der Waals surface area contributed by atoms with E-state index in [1.807, 2.05) is 13.8 Å². The minimum atomic E-state index is -1.29. The van der Waals surface area contributed by atoms with Crippen LogP contribution in [-0.2, 0) is 35.1 Å². The number of anilines is 1. The average molecular weight is 667 g/mol. The quantitative estimate of drug-likeness (QED) is 0.237. The number of ether oxygens (including phenoxy) is 4. The number of nitrogens with zero attached hydrogens (tertiary/aromatic N) is 1. The van der Waals surface area contributed by atoms with Gasteiger partial charge in [0.25, 0.3) is 5.91 Å². The second kappa shape index (κ2) is 15.0. The Kier molecular flexibility index (Phi) is 11.3. The van der Waals surface area contributed by atoms with Gasteiger partial charge in [0.15, 0.2) is 17.3 Å². The topological polar surface area (TPSA) is 155 Å². The average Bonchev–Trinajstić information content (AvgIpc) is 3.13. The van der Waals surface area contributed by atoms with E-state index >= 15 is 0 Å². The summed E-state index contributed by atoms with van der Waals surface area (Å²) in [4.78, 5) is 52.4. The molecular formula is C35H39ClN2O9. The highest BCUT2D eigenvalue weighted by molar-refractivity contribution is 6.30. The van der Waals surface area contributed by atoms with Crippen molar-refractivity contribution < 1.29 is 43.2 Å². The lowest BCUT2D eigenvalue weighted by atomic mass is 9.92. The Bertz CT molecular complexity index is 1640. The molecule has 0 bridgehead atoms. The third-order valence-electron chi connectivity index (χ3n) is 7.80. The molecule has 1 aliphatic rings. The van der Waals surface area contributed by atoms with E-state index in [4.69, 9.17) is 41.4 Å². The Morgan fingerprint density at radius 1 is 1.04 bits per heavy atom. The maximum absolute atomic E-state index is 14.5. The molecule has 250 valence electrons. The molecule has 1 amide bonds. The Morgan fingerprint density at radius 2 is 1.74 bits per heavy atom. The molecule has 4 rings (SSSR count). The number of fused-ring (bicyclic) bond motifs is 1. The first kappa shape index (κ1) is 35.4. The van der Waals surface area contributed by atoms with Crippen LogP contribution in [0, 0.1) is 5.41 Å². The lowest BCUT2D eigenvalue weighted by molar-refractivity contribution is -0.144. The number of aliphatic carboxylic acids is 1. The van der Waals surface area contributed by atoms with Gasteiger partial charge in [0.05, 0.1) is 33.3 Å². The molecule has 0 radical (unpaired) electrons. The monoisotopic (exact) mass is 666 g/mol. The maximum Gasteiger partial charge on any atom is 0.307 e. The number of Topliss-reactive ketones (excluding diaryl/α,β-unsaturated/α-hetero) is 1. The summed E-state index contributed by atoms with van der Waals surface area (Å²) >= 11 is 6.51. The van der Waals surface area contributed by atoms with Crippen LogP contribution in [0.3, 0.4) is 0 Å². The number of benzene rings is 3. The van der Waals surface area contributed by atoms with Crippen molar-refractivity contribution in [3.05, 3.63) is 87.9 Å². The third-order valence-corrected chi connectivity index (χ3v) is 8.04. The van der Waals surface area contributed by atoms with E-state index < -0.39 is 47.3 Å². The second-order valence-corrected chi connectivity index (χ2v) is 12.6. The minimum Gasteiger partial charge on any atom is -0.493 e. The summed E-state index contributed by atoms with van der Waals surface area (Å²) < 4.78 is 23.2. The van der Waals surface area contributed by atoms with E-state index in [9.17, 15) is 19.2 Å². The number of ketones is 1. The van der Waals surface area contributed by atoms with Gasteiger partial charge in [-0.15, -0.1) is 0 Å². The van der Waals surface area contributed by atoms with Gasteiger partial charge >= 0.3 is 11.9 Å². The van der Waals surface area contributed by atoms with E-state index in [2.05, 4.69) is 0 Å². The number of halogens is 1. The molecule has 3 aromatic carbocycles. The number of hydrogen-bond acceptors (Lipinski definition) is 9. The normalized spacial score (nSPS) is 16.9. The number of esters is 1. The molecular weight excluding hydrogens is 628 g/mol. The van der Waals surface area contributed by atoms with Crippen LogP contribution in [0.2, 0.25) is 5.02 Å². The highest BCUT2D eigenvalue weighted by atomic mass is 35.5. The van der Waals surface area contributed by atoms with Crippen molar-refractivity contribution in [2.45, 2.75) is 51.9 Å². The molecule has 3 N–H and O–H groups in total. The molecule has 47 heavy (non-hydrogen) atoms. The lowest BCUT2D eigenvalue weighted by Crippen LogP contribution is -2.46. The zero-order chi connectivity index (χ0) is 34.5. The molecule has 1 aliphatic heterocycles. The molecule has 1 heterocycles. The lowest BCUT2D eigenvalue weighted by Gasteiger charge is -2.33. The summed E-state index contributed by atoms with van der Waals surface area (Å²) in [5.41, 5.74) is 8.29. The molecule has 0 fully saturated rings. The summed E-state index contributed by atoms with van der Waals surface area (Å²) in [6.07, 6.45) is -2.76. The number of para-hydroxylation sites is 1. The first-order valence-electron chi connectivity index (χ1n) is 14.9. The fourth-order valence-corrected chi connectivity index (χ4v) is 5.69. The highest BCUT2D eigenvalue weighted by Crippen LogP contribution is 2.45. The number of rotatable bonds is 13. The zero-order valence-corrected chi connectivity index (χ0v) is 27.7. The summed E-state index contributed by atoms with van der Waals surface area (Å²) in [6.45, 7) is 5.18. The summed E-state index contributed by atoms with van der Waals surface area (Å²) in [6, 6.07) is 15.7. The molecule has 3 atom stereocenters. The van der Waals surface area contributed by atoms with Crippen molar-refractivity contribution in [2.75, 3.05) is 32.3 Å². The van der Waals surface area contributed by atoms with Crippen LogP contribution in [-0.4, -0.2) is 62.2 Å². The third kappa shape index (κ3) is 8.48. The minimum absolute atomic E-state index is 0.0371. The number of methoxy groups -OCH3 is 2. The van der Waals surface area contributed by atoms with Crippen LogP contribution in [0.5, 0.6) is 11.5 Å². The van der Waals surface area contributed by atoms with Crippen LogP contribution >= 0.6 is 11.6 Å². The van der Waals surface area contributed by atoms with E-state index in [-0.39, 0.29) is 26.0 Å². The summed E-state index contributed by atoms with van der Waals surface area (Å²) in [5, 5.41) is 9.48. The summed E-state index contributed by atoms with van der Waals surface area (Å²) in [7, 11) is 3.00. The van der Waals surface area contributed by atoms with Crippen molar-refractivity contribution in [3.8, 4) is 11.5 Å². The van der Waals surface area contributed by atoms with Gasteiger partial charge in [-0.2, -0.15) is 0 Å². The zero-order valence-electron chi connectivity index (χ0n) is 26.9. The highest BCUT2D eigenvalue weighted by Gasteiger charge is 2.41. The molecule has 0 aromatic heterocycles. The van der Waals surface area contributed by atoms with Gasteiger partial charge in [-0.25, -0.2) is 0 Å². The molecule has 3 aromatic rings. The van der Waals surface area contributed by atoms with E-state index in [1.54, 1.807) is 60.7 Å². The molecule has 0 aliphatic carbocycles. The predicted octanol–water partition coefficient (Wildman–Crippen LogP) is 5.05. The van der Waals surface area contributed by atoms with Gasteiger partial charge in [0, 0.05) is 47.1 Å². The first-order valence-corrected chi connectivity index (χ1v) is 15.3. The number of carbonyl (C=O) groups is 4. The molecule has 0 saturated heterocycles. The van der Waals surface area contributed by atoms with Crippen molar-refractivity contribution >= 4 is 40.9 Å². The Hall–Kier alpha value is -4.45. The van der Waals surface area contributed by atoms with Gasteiger partial charge in [0.1, 0.15) is 12.2 Å². The summed E-state index contributed by atoms with van der Waals surface area (Å²) in [5.74, 6) is -1.57. The molecule has 0 spiro atoms. The number of amides is 1. The van der Waals surface area contributed by atoms with Crippen molar-refractivity contribution in [2.24, 2.45) is 11.1 Å². The van der Waals surface area contributed by atoms with Crippen LogP contribution in [0.4, 0.5) is 5.69 Å². The molecule has 0 saturated carbocycles. The predicted molar refractivity (Wildman–Crippen MR) is 175 cm³/mol. The Morgan fingerprint density at radius 3 is 2.36 bits per heavy atom. The van der Waals surface area contributed by atoms with E-state index in [0.717, 1.165) is 0 Å². The van der Waals surface area contributed by atoms with Gasteiger partial charge in [-0.05, 0) is 35.4 Å². The first-order chi connectivity index (χ1) is 22.2. The number of nitrogens with two attached hydrogens (primary N) is 1. The van der Waals surface area contributed by atoms with Crippen molar-refractivity contribution in [3.63, 3.8) is 0 Å². The van der Waals surface area contributed by atoms with Crippen LogP contribution < -0.4 is 20.1 Å². The van der Waals surface area contributed by atoms with E-state index in [1.165, 1.54) is 26.0 Å². The maximum atomic E-state index is 14.5. The number of carboxylic acid groups (broad SMARTS) is 1. The SMILES string of the molecule is COc1cccc([C@H]2O[C@H](CC(=O)C(N)c3ccc(CC(=O)O)cc3)C(=O)N(CC(C)(C)COC(C)=O)c3ccc(Cl)cc32)c1OC. The largest absolute Gasteiger partial charge is 0.493 e. The molecule has 11 nitrogen and oxygen atoms in total. The smallest absolute Gasteiger partial charge is 0.307 e. The fourth-order valence-electron chi connectivity index (χ4n) is 5.51. The van der Waals surface area contributed by atoms with Gasteiger partial charge < -0.3 is 34.7 Å². The van der Waals surface area contributed by atoms with Gasteiger partial charge in [-0.1, -0.05) is 61.8 Å². The second-order valence-electron chi connectivity index (χ2n) is 12.1. The molecule has 12 heteroatoms.